The number of hydrogen-bond donors (Lipinski definition) is 0. The zero-order chi connectivity index (χ0) is 94.2. The van der Waals surface area contributed by atoms with Crippen LogP contribution in [-0.2, 0) is 37.0 Å². The maximum atomic E-state index is 5.97. The van der Waals surface area contributed by atoms with Gasteiger partial charge in [0.25, 0.3) is 0 Å². The molecule has 0 spiro atoms. The Morgan fingerprint density at radius 3 is 1.04 bits per heavy atom. The van der Waals surface area contributed by atoms with Crippen molar-refractivity contribution < 1.29 is 9.47 Å². The summed E-state index contributed by atoms with van der Waals surface area (Å²) in [6.45, 7) is 3.93. The van der Waals surface area contributed by atoms with Crippen molar-refractivity contribution in [1.29, 1.82) is 0 Å². The highest BCUT2D eigenvalue weighted by Gasteiger charge is 2.62. The van der Waals surface area contributed by atoms with Crippen molar-refractivity contribution in [3.05, 3.63) is 356 Å². The summed E-state index contributed by atoms with van der Waals surface area (Å²) in [4.78, 5) is 0. The van der Waals surface area contributed by atoms with Crippen LogP contribution < -0.4 is 4.74 Å². The molecular formula is C139H172O2. The second-order valence-electron chi connectivity index (χ2n) is 50.3. The smallest absolute Gasteiger partial charge is 0.119 e. The van der Waals surface area contributed by atoms with Crippen LogP contribution in [0.15, 0.2) is 328 Å². The van der Waals surface area contributed by atoms with Crippen molar-refractivity contribution in [2.24, 2.45) is 213 Å². The Labute approximate surface area is 852 Å². The summed E-state index contributed by atoms with van der Waals surface area (Å²) in [7, 11) is 0. The Kier molecular flexibility index (Phi) is 31.2. The predicted molar refractivity (Wildman–Crippen MR) is 588 cm³/mol. The molecule has 14 saturated carbocycles. The van der Waals surface area contributed by atoms with Crippen LogP contribution in [0.1, 0.15) is 247 Å². The first-order valence-corrected chi connectivity index (χ1v) is 59.1. The number of unbranched alkanes of at least 4 members (excludes halogenated alkanes) is 4. The molecule has 0 heterocycles. The third-order valence-electron chi connectivity index (χ3n) is 42.1. The molecule has 2 heteroatoms. The second kappa shape index (κ2) is 45.8. The van der Waals surface area contributed by atoms with E-state index in [0.29, 0.717) is 12.0 Å². The number of rotatable bonds is 27. The molecule has 0 N–H and O–H groups in total. The van der Waals surface area contributed by atoms with Gasteiger partial charge in [0.2, 0.25) is 0 Å². The first-order chi connectivity index (χ1) is 69.7. The average molecular weight is 1870 g/mol. The largest absolute Gasteiger partial charge is 0.494 e. The number of allylic oxidation sites excluding steroid dienone is 19. The van der Waals surface area contributed by atoms with Gasteiger partial charge in [-0.15, -0.1) is 0 Å². The molecule has 0 amide bonds. The Bertz CT molecular complexity index is 5260. The topological polar surface area (TPSA) is 18.5 Å². The third kappa shape index (κ3) is 22.8. The van der Waals surface area contributed by atoms with Gasteiger partial charge in [-0.05, 0) is 457 Å². The van der Waals surface area contributed by atoms with Crippen molar-refractivity contribution in [1.82, 2.24) is 0 Å². The lowest BCUT2D eigenvalue weighted by molar-refractivity contribution is 0.0245. The highest BCUT2D eigenvalue weighted by atomic mass is 16.5. The van der Waals surface area contributed by atoms with E-state index >= 15 is 0 Å². The SMILES string of the molecule is C1=CC2CC1C1C3C=CC(C3)C21.C1=CC2CC1C1C3CCC(C3)C21.C1=CC2CC1CC2CCCCc1ccccc1.C1=CC2CC1CC2CCCc1ccccc1.C1=CC2CC1CC2CCOc1ccc(-c2ccccc2)cc1.C1=CC2CC1CC2CCc1ccccc1.C1=CC2CC1CC2Cc1ccccc1.C1=CC2CC1CC2OCc1ccccc1.CCCCCCC1CC2CC1C1C3C=CC(C3)C21. The van der Waals surface area contributed by atoms with Crippen LogP contribution in [0.25, 0.3) is 11.1 Å². The molecule has 24 aliphatic rings. The minimum atomic E-state index is 0.472. The van der Waals surface area contributed by atoms with Gasteiger partial charge in [-0.3, -0.25) is 0 Å². The molecule has 35 atom stereocenters. The summed E-state index contributed by atoms with van der Waals surface area (Å²) in [6, 6.07) is 73.0. The molecule has 0 saturated heterocycles. The highest BCUT2D eigenvalue weighted by Crippen LogP contribution is 2.69. The van der Waals surface area contributed by atoms with Crippen LogP contribution in [0.2, 0.25) is 0 Å². The van der Waals surface area contributed by atoms with Gasteiger partial charge in [0.15, 0.2) is 0 Å². The Morgan fingerprint density at radius 1 is 0.227 bits per heavy atom. The number of ether oxygens (including phenoxy) is 2. The minimum absolute atomic E-state index is 0.472. The Morgan fingerprint density at radius 2 is 0.589 bits per heavy atom. The maximum Gasteiger partial charge on any atom is 0.119 e. The molecule has 31 rings (SSSR count). The van der Waals surface area contributed by atoms with E-state index in [2.05, 4.69) is 323 Å². The third-order valence-corrected chi connectivity index (χ3v) is 42.1. The normalized spacial score (nSPS) is 38.8. The minimum Gasteiger partial charge on any atom is -0.494 e. The van der Waals surface area contributed by atoms with Crippen molar-refractivity contribution in [2.45, 2.75) is 257 Å². The van der Waals surface area contributed by atoms with E-state index < -0.39 is 0 Å². The van der Waals surface area contributed by atoms with Crippen LogP contribution in [0.5, 0.6) is 5.75 Å². The van der Waals surface area contributed by atoms with Crippen LogP contribution in [-0.4, -0.2) is 12.7 Å². The molecule has 0 aliphatic heterocycles. The van der Waals surface area contributed by atoms with Crippen molar-refractivity contribution >= 4 is 0 Å². The van der Waals surface area contributed by atoms with Gasteiger partial charge in [0.05, 0.1) is 19.3 Å². The van der Waals surface area contributed by atoms with E-state index in [1.54, 1.807) is 38.5 Å². The van der Waals surface area contributed by atoms with E-state index in [1.807, 2.05) is 12.1 Å². The van der Waals surface area contributed by atoms with Gasteiger partial charge in [0, 0.05) is 5.92 Å². The number of hydrogen-bond acceptors (Lipinski definition) is 2. The first kappa shape index (κ1) is 96.2. The number of fused-ring (bicyclic) bond motifs is 39. The predicted octanol–water partition coefficient (Wildman–Crippen LogP) is 35.1. The number of aryl methyl sites for hydroxylation is 3. The van der Waals surface area contributed by atoms with Gasteiger partial charge >= 0.3 is 0 Å². The van der Waals surface area contributed by atoms with Crippen LogP contribution >= 0.6 is 0 Å². The summed E-state index contributed by atoms with van der Waals surface area (Å²) >= 11 is 0. The molecule has 7 aromatic carbocycles. The fourth-order valence-electron chi connectivity index (χ4n) is 35.7. The Hall–Kier alpha value is -8.30. The van der Waals surface area contributed by atoms with Crippen LogP contribution in [0.4, 0.5) is 0 Å². The lowest BCUT2D eigenvalue weighted by Gasteiger charge is -2.36. The molecule has 2 nitrogen and oxygen atoms in total. The summed E-state index contributed by atoms with van der Waals surface area (Å²) in [5.41, 5.74) is 9.79. The molecule has 24 bridgehead atoms. The monoisotopic (exact) mass is 1870 g/mol. The van der Waals surface area contributed by atoms with E-state index in [1.165, 1.54) is 238 Å². The van der Waals surface area contributed by atoms with E-state index in [4.69, 9.17) is 9.47 Å². The van der Waals surface area contributed by atoms with Crippen molar-refractivity contribution in [2.75, 3.05) is 6.61 Å². The molecule has 14 fully saturated rings. The molecule has 740 valence electrons. The molecule has 141 heavy (non-hydrogen) atoms. The molecular weight excluding hydrogens is 1700 g/mol. The van der Waals surface area contributed by atoms with Gasteiger partial charge in [-0.2, -0.15) is 0 Å². The first-order valence-electron chi connectivity index (χ1n) is 59.1. The van der Waals surface area contributed by atoms with E-state index in [-0.39, 0.29) is 0 Å². The molecule has 7 aromatic rings. The zero-order valence-electron chi connectivity index (χ0n) is 85.9. The van der Waals surface area contributed by atoms with Crippen LogP contribution in [0, 0.1) is 213 Å². The quantitative estimate of drug-likeness (QED) is 0.0290. The maximum absolute atomic E-state index is 5.97. The van der Waals surface area contributed by atoms with Crippen LogP contribution in [0.3, 0.4) is 0 Å². The summed E-state index contributed by atoms with van der Waals surface area (Å²) in [5.74, 6) is 36.7. The fourth-order valence-corrected chi connectivity index (χ4v) is 35.7. The van der Waals surface area contributed by atoms with Crippen molar-refractivity contribution in [3.63, 3.8) is 0 Å². The molecule has 0 aromatic heterocycles. The van der Waals surface area contributed by atoms with Gasteiger partial charge in [-0.1, -0.05) is 361 Å². The summed E-state index contributed by atoms with van der Waals surface area (Å²) in [5, 5.41) is 0. The van der Waals surface area contributed by atoms with E-state index in [0.717, 1.165) is 226 Å². The van der Waals surface area contributed by atoms with Crippen molar-refractivity contribution in [3.8, 4) is 16.9 Å². The Balaban J connectivity index is 0.0000000887. The fraction of sp³-hybridized carbons (Fsp3) is 0.554. The van der Waals surface area contributed by atoms with E-state index in [9.17, 15) is 0 Å². The van der Waals surface area contributed by atoms with Gasteiger partial charge < -0.3 is 9.47 Å². The molecule has 24 aliphatic carbocycles. The highest BCUT2D eigenvalue weighted by molar-refractivity contribution is 5.64. The lowest BCUT2D eigenvalue weighted by atomic mass is 9.68. The van der Waals surface area contributed by atoms with Gasteiger partial charge in [0.1, 0.15) is 5.75 Å². The number of benzene rings is 7. The second-order valence-corrected chi connectivity index (χ2v) is 50.3. The molecule has 0 radical (unpaired) electrons. The summed E-state index contributed by atoms with van der Waals surface area (Å²) < 4.78 is 11.9. The summed E-state index contributed by atoms with van der Waals surface area (Å²) in [6.07, 6.45) is 103. The lowest BCUT2D eigenvalue weighted by Crippen LogP contribution is -2.30. The average Bonchev–Trinajstić information content (AvgIpc) is 1.54. The standard InChI is InChI=1S/C21H22O.C18H28.C17H22.C16H20.C15H18.C14H16O.C14H16.C12H16.C12H14/c1-2-4-17(5-3-1)18-8-10-21(11-9-18)22-13-12-20-15-16-6-7-19(20)14-16;1-2-3-4-5-6-12-9-15-11-16(12)18-14-8-7-13(10-14)17(15)18;1-2-6-14(7-3-1)8-4-5-9-16-12-15-10-11-17(16)13-15;1-2-5-13(6-3-1)7-4-8-15-11-14-9-10-16(15)12-14;1-2-4-12(5-3-1)6-8-14-10-13-7-9-15(14)11-13;1-2-4-11(5-3-1)10-15-14-9-12-6-7-13(14)8-12;1-2-4-11(5-3-1)8-14-10-12-6-7-13(14)9-12;2*1-2-8-5-7(1)11-9-3-4-10(6-9)12(8)11/h1-11,16,19-20H,12-15H2;7-8,12-18H,2-6,9-11H2,1H3;1-3,6-7,10-11,15-17H,4-5,8-9,12-13H2;1-3,5-6,9-10,14-16H,4,7-8,11-12H2;1-5,7,9,13-15H,6,8,10-11H2;1-7,12-14H,8-10H2;1-7,12-14H,8-10H2;1-2,7-12H,3-6H2;1-4,7-12H,5-6H2. The molecule has 35 unspecified atom stereocenters. The van der Waals surface area contributed by atoms with Gasteiger partial charge in [-0.25, -0.2) is 0 Å². The zero-order valence-corrected chi connectivity index (χ0v) is 85.9.